The number of carbonyl (C=O) groups excluding carboxylic acids is 1. The molecule has 2 rings (SSSR count). The molecule has 1 aromatic rings. The molecule has 0 spiro atoms. The smallest absolute Gasteiger partial charge is 0.270 e. The number of aryl methyl sites for hydroxylation is 1. The van der Waals surface area contributed by atoms with E-state index in [1.807, 2.05) is 21.0 Å². The van der Waals surface area contributed by atoms with E-state index in [4.69, 9.17) is 0 Å². The normalized spacial score (nSPS) is 14.4. The van der Waals surface area contributed by atoms with E-state index in [0.29, 0.717) is 18.2 Å². The van der Waals surface area contributed by atoms with Gasteiger partial charge in [-0.15, -0.1) is 0 Å². The minimum atomic E-state index is -0.132. The predicted octanol–water partition coefficient (Wildman–Crippen LogP) is 2.38. The predicted molar refractivity (Wildman–Crippen MR) is 97.3 cm³/mol. The molecule has 0 aliphatic heterocycles. The van der Waals surface area contributed by atoms with E-state index < -0.39 is 0 Å². The van der Waals surface area contributed by atoms with Gasteiger partial charge in [0.05, 0.1) is 0 Å². The molecule has 24 heavy (non-hydrogen) atoms. The molecule has 0 saturated carbocycles. The molecule has 0 unspecified atom stereocenters. The summed E-state index contributed by atoms with van der Waals surface area (Å²) >= 11 is 0. The third-order valence-corrected chi connectivity index (χ3v) is 4.05. The minimum Gasteiger partial charge on any atom is -0.353 e. The molecule has 132 valence electrons. The van der Waals surface area contributed by atoms with Crippen molar-refractivity contribution in [3.63, 3.8) is 0 Å². The van der Waals surface area contributed by atoms with Crippen LogP contribution in [0.25, 0.3) is 0 Å². The van der Waals surface area contributed by atoms with Crippen LogP contribution in [0.2, 0.25) is 0 Å². The number of rotatable bonds is 8. The van der Waals surface area contributed by atoms with E-state index in [2.05, 4.69) is 31.6 Å². The van der Waals surface area contributed by atoms with Crippen molar-refractivity contribution in [2.24, 2.45) is 0 Å². The molecule has 0 radical (unpaired) electrons. The third kappa shape index (κ3) is 6.28. The van der Waals surface area contributed by atoms with Crippen molar-refractivity contribution in [3.05, 3.63) is 29.1 Å². The summed E-state index contributed by atoms with van der Waals surface area (Å²) in [6.07, 6.45) is 8.16. The van der Waals surface area contributed by atoms with Crippen LogP contribution >= 0.6 is 0 Å². The van der Waals surface area contributed by atoms with E-state index in [0.717, 1.165) is 25.2 Å². The van der Waals surface area contributed by atoms with Crippen LogP contribution < -0.4 is 10.6 Å². The summed E-state index contributed by atoms with van der Waals surface area (Å²) in [4.78, 5) is 23.1. The van der Waals surface area contributed by atoms with Crippen molar-refractivity contribution in [2.45, 2.75) is 39.0 Å². The fourth-order valence-corrected chi connectivity index (χ4v) is 2.71. The number of allylic oxidation sites excluding steroid dienone is 1. The summed E-state index contributed by atoms with van der Waals surface area (Å²) in [6, 6.07) is 1.73. The Morgan fingerprint density at radius 1 is 1.25 bits per heavy atom. The molecule has 0 atom stereocenters. The first-order valence-corrected chi connectivity index (χ1v) is 8.75. The zero-order valence-corrected chi connectivity index (χ0v) is 15.1. The van der Waals surface area contributed by atoms with Crippen molar-refractivity contribution in [1.82, 2.24) is 20.2 Å². The molecule has 1 aliphatic carbocycles. The molecule has 1 amide bonds. The fourth-order valence-electron chi connectivity index (χ4n) is 2.71. The van der Waals surface area contributed by atoms with Gasteiger partial charge in [-0.2, -0.15) is 0 Å². The zero-order chi connectivity index (χ0) is 17.4. The van der Waals surface area contributed by atoms with Gasteiger partial charge < -0.3 is 15.5 Å². The highest BCUT2D eigenvalue weighted by Gasteiger charge is 2.11. The summed E-state index contributed by atoms with van der Waals surface area (Å²) in [5.74, 6) is 0.379. The van der Waals surface area contributed by atoms with E-state index in [1.54, 1.807) is 6.07 Å². The molecule has 1 aliphatic rings. The molecule has 1 aromatic heterocycles. The largest absolute Gasteiger partial charge is 0.353 e. The molecule has 0 saturated heterocycles. The maximum atomic E-state index is 12.3. The fraction of sp³-hybridized carbons (Fsp3) is 0.611. The van der Waals surface area contributed by atoms with Crippen LogP contribution in [0.15, 0.2) is 17.7 Å². The van der Waals surface area contributed by atoms with Gasteiger partial charge >= 0.3 is 0 Å². The van der Waals surface area contributed by atoms with Gasteiger partial charge in [0.25, 0.3) is 5.91 Å². The van der Waals surface area contributed by atoms with E-state index in [-0.39, 0.29) is 5.91 Å². The molecule has 0 bridgehead atoms. The van der Waals surface area contributed by atoms with Gasteiger partial charge in [0.15, 0.2) is 0 Å². The average Bonchev–Trinajstić information content (AvgIpc) is 2.55. The first kappa shape index (κ1) is 18.4. The first-order valence-electron chi connectivity index (χ1n) is 8.75. The van der Waals surface area contributed by atoms with Crippen molar-refractivity contribution in [1.29, 1.82) is 0 Å². The number of nitrogens with one attached hydrogen (secondary N) is 2. The van der Waals surface area contributed by atoms with E-state index in [1.165, 1.54) is 31.3 Å². The lowest BCUT2D eigenvalue weighted by atomic mass is 9.97. The molecular weight excluding hydrogens is 302 g/mol. The third-order valence-electron chi connectivity index (χ3n) is 4.05. The number of hydrogen-bond donors (Lipinski definition) is 2. The van der Waals surface area contributed by atoms with Crippen LogP contribution in [0.1, 0.15) is 48.3 Å². The Hall–Kier alpha value is -1.95. The Morgan fingerprint density at radius 2 is 2.08 bits per heavy atom. The Labute approximate surface area is 144 Å². The summed E-state index contributed by atoms with van der Waals surface area (Å²) in [7, 11) is 4.03. The zero-order valence-electron chi connectivity index (χ0n) is 15.1. The highest BCUT2D eigenvalue weighted by Crippen LogP contribution is 2.19. The van der Waals surface area contributed by atoms with Crippen molar-refractivity contribution < 1.29 is 4.79 Å². The molecular formula is C18H29N5O. The van der Waals surface area contributed by atoms with E-state index >= 15 is 0 Å². The molecule has 1 heterocycles. The number of amides is 1. The van der Waals surface area contributed by atoms with Crippen LogP contribution in [0.3, 0.4) is 0 Å². The Kier molecular flexibility index (Phi) is 7.18. The van der Waals surface area contributed by atoms with Crippen molar-refractivity contribution in [2.75, 3.05) is 39.0 Å². The number of carbonyl (C=O) groups is 1. The first-order chi connectivity index (χ1) is 11.5. The molecule has 6 nitrogen and oxygen atoms in total. The Morgan fingerprint density at radius 3 is 2.79 bits per heavy atom. The van der Waals surface area contributed by atoms with Gasteiger partial charge in [-0.05, 0) is 59.2 Å². The number of nitrogens with zero attached hydrogens (tertiary/aromatic N) is 3. The summed E-state index contributed by atoms with van der Waals surface area (Å²) < 4.78 is 0. The Balaban J connectivity index is 1.86. The number of aromatic nitrogens is 2. The lowest BCUT2D eigenvalue weighted by Crippen LogP contribution is -2.27. The maximum Gasteiger partial charge on any atom is 0.270 e. The summed E-state index contributed by atoms with van der Waals surface area (Å²) in [5.41, 5.74) is 2.68. The van der Waals surface area contributed by atoms with Gasteiger partial charge in [-0.1, -0.05) is 11.6 Å². The highest BCUT2D eigenvalue weighted by molar-refractivity contribution is 5.92. The SMILES string of the molecule is Cc1cc(C(=O)NCCC2=CCCCC2)nc(NCCN(C)C)n1. The molecule has 0 aromatic carbocycles. The monoisotopic (exact) mass is 331 g/mol. The topological polar surface area (TPSA) is 70.2 Å². The summed E-state index contributed by atoms with van der Waals surface area (Å²) in [5, 5.41) is 6.14. The van der Waals surface area contributed by atoms with Crippen LogP contribution in [-0.2, 0) is 0 Å². The van der Waals surface area contributed by atoms with Gasteiger partial charge in [-0.3, -0.25) is 4.79 Å². The molecule has 0 fully saturated rings. The van der Waals surface area contributed by atoms with E-state index in [9.17, 15) is 4.79 Å². The van der Waals surface area contributed by atoms with Gasteiger partial charge in [0.2, 0.25) is 5.95 Å². The number of hydrogen-bond acceptors (Lipinski definition) is 5. The minimum absolute atomic E-state index is 0.132. The standard InChI is InChI=1S/C18H29N5O/c1-14-13-16(22-18(21-14)20-11-12-23(2)3)17(24)19-10-9-15-7-5-4-6-8-15/h7,13H,4-6,8-12H2,1-3H3,(H,19,24)(H,20,21,22). The second-order valence-corrected chi connectivity index (χ2v) is 6.56. The lowest BCUT2D eigenvalue weighted by molar-refractivity contribution is 0.0949. The van der Waals surface area contributed by atoms with Crippen LogP contribution in [0.5, 0.6) is 0 Å². The van der Waals surface area contributed by atoms with Gasteiger partial charge in [0, 0.05) is 25.3 Å². The maximum absolute atomic E-state index is 12.3. The van der Waals surface area contributed by atoms with Crippen molar-refractivity contribution >= 4 is 11.9 Å². The second-order valence-electron chi connectivity index (χ2n) is 6.56. The number of anilines is 1. The quantitative estimate of drug-likeness (QED) is 0.716. The van der Waals surface area contributed by atoms with Gasteiger partial charge in [-0.25, -0.2) is 9.97 Å². The molecule has 2 N–H and O–H groups in total. The second kappa shape index (κ2) is 9.37. The Bertz CT molecular complexity index is 583. The average molecular weight is 331 g/mol. The summed E-state index contributed by atoms with van der Waals surface area (Å²) in [6.45, 7) is 4.17. The number of likely N-dealkylation sites (N-methyl/N-ethyl adjacent to an activating group) is 1. The molecule has 6 heteroatoms. The van der Waals surface area contributed by atoms with Crippen LogP contribution in [-0.4, -0.2) is 54.5 Å². The van der Waals surface area contributed by atoms with Crippen molar-refractivity contribution in [3.8, 4) is 0 Å². The van der Waals surface area contributed by atoms with Crippen LogP contribution in [0, 0.1) is 6.92 Å². The lowest BCUT2D eigenvalue weighted by Gasteiger charge is -2.13. The highest BCUT2D eigenvalue weighted by atomic mass is 16.1. The van der Waals surface area contributed by atoms with Crippen LogP contribution in [0.4, 0.5) is 5.95 Å². The van der Waals surface area contributed by atoms with Gasteiger partial charge in [0.1, 0.15) is 5.69 Å².